The lowest BCUT2D eigenvalue weighted by molar-refractivity contribution is -0.142. The van der Waals surface area contributed by atoms with Crippen LogP contribution in [-0.2, 0) is 9.59 Å². The van der Waals surface area contributed by atoms with Gasteiger partial charge in [0.2, 0.25) is 11.8 Å². The lowest BCUT2D eigenvalue weighted by Gasteiger charge is -2.40. The van der Waals surface area contributed by atoms with Crippen LogP contribution in [-0.4, -0.2) is 22.8 Å². The van der Waals surface area contributed by atoms with Crippen LogP contribution in [0.25, 0.3) is 0 Å². The second-order valence-corrected chi connectivity index (χ2v) is 5.76. The molecule has 0 aliphatic carbocycles. The summed E-state index contributed by atoms with van der Waals surface area (Å²) in [5.41, 5.74) is -0.0654. The number of imide groups is 1. The van der Waals surface area contributed by atoms with Gasteiger partial charge in [0.05, 0.1) is 0 Å². The Labute approximate surface area is 88.0 Å². The van der Waals surface area contributed by atoms with Crippen molar-refractivity contribution in [2.24, 2.45) is 11.3 Å². The van der Waals surface area contributed by atoms with Crippen molar-refractivity contribution in [1.29, 1.82) is 0 Å². The van der Waals surface area contributed by atoms with Crippen LogP contribution in [0, 0.1) is 11.3 Å². The molecule has 0 bridgehead atoms. The van der Waals surface area contributed by atoms with Crippen molar-refractivity contribution in [3.63, 3.8) is 0 Å². The minimum atomic E-state index is -0.0950. The smallest absolute Gasteiger partial charge is 0.229 e. The maximum Gasteiger partial charge on any atom is 0.229 e. The van der Waals surface area contributed by atoms with Crippen molar-refractivity contribution < 1.29 is 9.59 Å². The molecule has 4 heteroatoms. The van der Waals surface area contributed by atoms with Crippen molar-refractivity contribution in [3.05, 3.63) is 0 Å². The SMILES string of the molecule is CC1SCCC12CC(=O)NC(=O)C2C. The molecule has 2 heterocycles. The van der Waals surface area contributed by atoms with Gasteiger partial charge in [-0.15, -0.1) is 0 Å². The summed E-state index contributed by atoms with van der Waals surface area (Å²) >= 11 is 1.88. The Morgan fingerprint density at radius 2 is 2.14 bits per heavy atom. The first-order valence-corrected chi connectivity index (χ1v) is 6.06. The third-order valence-electron chi connectivity index (χ3n) is 3.75. The van der Waals surface area contributed by atoms with Crippen molar-refractivity contribution in [2.45, 2.75) is 31.9 Å². The van der Waals surface area contributed by atoms with Crippen LogP contribution in [0.15, 0.2) is 0 Å². The van der Waals surface area contributed by atoms with Gasteiger partial charge in [0.15, 0.2) is 0 Å². The summed E-state index contributed by atoms with van der Waals surface area (Å²) in [6, 6.07) is 0. The van der Waals surface area contributed by atoms with E-state index in [1.807, 2.05) is 18.7 Å². The Hall–Kier alpha value is -0.510. The summed E-state index contributed by atoms with van der Waals surface area (Å²) in [6.45, 7) is 4.09. The van der Waals surface area contributed by atoms with E-state index in [4.69, 9.17) is 0 Å². The maximum atomic E-state index is 11.6. The summed E-state index contributed by atoms with van der Waals surface area (Å²) in [6.07, 6.45) is 1.52. The molecule has 0 saturated carbocycles. The summed E-state index contributed by atoms with van der Waals surface area (Å²) in [5.74, 6) is 0.870. The highest BCUT2D eigenvalue weighted by Gasteiger charge is 2.51. The molecule has 2 fully saturated rings. The van der Waals surface area contributed by atoms with Gasteiger partial charge in [0.1, 0.15) is 0 Å². The lowest BCUT2D eigenvalue weighted by Crippen LogP contribution is -2.53. The number of piperidine rings is 1. The van der Waals surface area contributed by atoms with E-state index in [2.05, 4.69) is 12.2 Å². The molecule has 2 rings (SSSR count). The molecular weight excluding hydrogens is 198 g/mol. The quantitative estimate of drug-likeness (QED) is 0.615. The van der Waals surface area contributed by atoms with E-state index in [9.17, 15) is 9.59 Å². The summed E-state index contributed by atoms with van der Waals surface area (Å²) < 4.78 is 0. The van der Waals surface area contributed by atoms with Gasteiger partial charge in [-0.05, 0) is 12.2 Å². The second-order valence-electron chi connectivity index (χ2n) is 4.31. The molecule has 3 atom stereocenters. The summed E-state index contributed by atoms with van der Waals surface area (Å²) in [7, 11) is 0. The minimum absolute atomic E-state index is 0.0230. The number of nitrogens with one attached hydrogen (secondary N) is 1. The van der Waals surface area contributed by atoms with E-state index < -0.39 is 0 Å². The van der Waals surface area contributed by atoms with E-state index in [1.165, 1.54) is 0 Å². The zero-order valence-corrected chi connectivity index (χ0v) is 9.32. The molecule has 0 radical (unpaired) electrons. The van der Waals surface area contributed by atoms with Crippen LogP contribution >= 0.6 is 11.8 Å². The van der Waals surface area contributed by atoms with E-state index >= 15 is 0 Å². The molecule has 14 heavy (non-hydrogen) atoms. The van der Waals surface area contributed by atoms with Crippen LogP contribution in [0.1, 0.15) is 26.7 Å². The highest BCUT2D eigenvalue weighted by atomic mass is 32.2. The number of thioether (sulfide) groups is 1. The van der Waals surface area contributed by atoms with Gasteiger partial charge in [-0.3, -0.25) is 14.9 Å². The molecule has 1 spiro atoms. The molecule has 3 nitrogen and oxygen atoms in total. The Morgan fingerprint density at radius 1 is 1.43 bits per heavy atom. The molecule has 1 N–H and O–H groups in total. The average Bonchev–Trinajstić information content (AvgIpc) is 2.45. The highest BCUT2D eigenvalue weighted by Crippen LogP contribution is 2.51. The van der Waals surface area contributed by atoms with Gasteiger partial charge in [0.25, 0.3) is 0 Å². The number of carbonyl (C=O) groups is 2. The Balaban J connectivity index is 2.31. The van der Waals surface area contributed by atoms with Gasteiger partial charge in [0, 0.05) is 23.0 Å². The first kappa shape index (κ1) is 10.0. The lowest BCUT2D eigenvalue weighted by atomic mass is 9.67. The monoisotopic (exact) mass is 213 g/mol. The molecule has 2 aliphatic rings. The predicted octanol–water partition coefficient (Wildman–Crippen LogP) is 1.18. The van der Waals surface area contributed by atoms with E-state index in [0.29, 0.717) is 11.7 Å². The van der Waals surface area contributed by atoms with Crippen molar-refractivity contribution in [3.8, 4) is 0 Å². The molecule has 2 saturated heterocycles. The number of amides is 2. The second kappa shape index (κ2) is 3.26. The zero-order valence-electron chi connectivity index (χ0n) is 8.50. The van der Waals surface area contributed by atoms with Crippen molar-refractivity contribution >= 4 is 23.6 Å². The fourth-order valence-corrected chi connectivity index (χ4v) is 4.19. The molecule has 0 aromatic carbocycles. The van der Waals surface area contributed by atoms with Crippen molar-refractivity contribution in [1.82, 2.24) is 5.32 Å². The first-order chi connectivity index (χ1) is 6.56. The van der Waals surface area contributed by atoms with Crippen LogP contribution in [0.2, 0.25) is 0 Å². The fraction of sp³-hybridized carbons (Fsp3) is 0.800. The summed E-state index contributed by atoms with van der Waals surface area (Å²) in [5, 5.41) is 2.84. The maximum absolute atomic E-state index is 11.6. The van der Waals surface area contributed by atoms with Crippen molar-refractivity contribution in [2.75, 3.05) is 5.75 Å². The molecular formula is C10H15NO2S. The standard InChI is InChI=1S/C10H15NO2S/c1-6-9(13)11-8(12)5-10(6)3-4-14-7(10)2/h6-7H,3-5H2,1-2H3,(H,11,12,13). The average molecular weight is 213 g/mol. The molecule has 3 unspecified atom stereocenters. The third-order valence-corrected chi connectivity index (χ3v) is 5.16. The van der Waals surface area contributed by atoms with E-state index in [1.54, 1.807) is 0 Å². The molecule has 0 aromatic rings. The number of hydrogen-bond donors (Lipinski definition) is 1. The first-order valence-electron chi connectivity index (χ1n) is 5.01. The predicted molar refractivity (Wildman–Crippen MR) is 55.9 cm³/mol. The molecule has 2 aliphatic heterocycles. The number of carbonyl (C=O) groups excluding carboxylic acids is 2. The molecule has 78 valence electrons. The van der Waals surface area contributed by atoms with Crippen LogP contribution in [0.3, 0.4) is 0 Å². The minimum Gasteiger partial charge on any atom is -0.296 e. The Kier molecular flexibility index (Phi) is 2.33. The Morgan fingerprint density at radius 3 is 2.71 bits per heavy atom. The van der Waals surface area contributed by atoms with Gasteiger partial charge >= 0.3 is 0 Å². The number of hydrogen-bond acceptors (Lipinski definition) is 3. The number of rotatable bonds is 0. The van der Waals surface area contributed by atoms with Gasteiger partial charge in [-0.2, -0.15) is 11.8 Å². The molecule has 2 amide bonds. The Bertz CT molecular complexity index is 292. The van der Waals surface area contributed by atoms with Crippen LogP contribution < -0.4 is 5.32 Å². The summed E-state index contributed by atoms with van der Waals surface area (Å²) in [4.78, 5) is 23.0. The highest BCUT2D eigenvalue weighted by molar-refractivity contribution is 8.00. The van der Waals surface area contributed by atoms with E-state index in [-0.39, 0.29) is 23.1 Å². The van der Waals surface area contributed by atoms with Gasteiger partial charge in [-0.25, -0.2) is 0 Å². The third kappa shape index (κ3) is 1.28. The topological polar surface area (TPSA) is 46.2 Å². The zero-order chi connectivity index (χ0) is 10.3. The van der Waals surface area contributed by atoms with Crippen LogP contribution in [0.5, 0.6) is 0 Å². The van der Waals surface area contributed by atoms with E-state index in [0.717, 1.165) is 12.2 Å². The molecule has 0 aromatic heterocycles. The van der Waals surface area contributed by atoms with Crippen LogP contribution in [0.4, 0.5) is 0 Å². The normalized spacial score (nSPS) is 43.0. The largest absolute Gasteiger partial charge is 0.296 e. The fourth-order valence-electron chi connectivity index (χ4n) is 2.60. The van der Waals surface area contributed by atoms with Gasteiger partial charge < -0.3 is 0 Å². The van der Waals surface area contributed by atoms with Gasteiger partial charge in [-0.1, -0.05) is 13.8 Å².